The Bertz CT molecular complexity index is 793. The molecule has 0 fully saturated rings. The second-order valence-electron chi connectivity index (χ2n) is 5.67. The van der Waals surface area contributed by atoms with Gasteiger partial charge in [0.15, 0.2) is 6.61 Å². The molecule has 1 aromatic heterocycles. The molecule has 25 heavy (non-hydrogen) atoms. The second kappa shape index (κ2) is 8.48. The minimum Gasteiger partial charge on any atom is -0.465 e. The maximum Gasteiger partial charge on any atom is 0.407 e. The third kappa shape index (κ3) is 5.46. The molecule has 1 heterocycles. The van der Waals surface area contributed by atoms with E-state index in [0.29, 0.717) is 16.3 Å². The highest BCUT2D eigenvalue weighted by molar-refractivity contribution is 6.31. The molecular weight excluding hydrogens is 342 g/mol. The first-order chi connectivity index (χ1) is 11.9. The van der Waals surface area contributed by atoms with Crippen molar-refractivity contribution in [2.45, 2.75) is 27.0 Å². The molecule has 132 valence electrons. The van der Waals surface area contributed by atoms with E-state index in [1.807, 2.05) is 44.2 Å². The summed E-state index contributed by atoms with van der Waals surface area (Å²) in [5.74, 6) is 0. The molecular formula is C18H20ClN3O3. The molecule has 1 N–H and O–H groups in total. The molecule has 0 bridgehead atoms. The molecule has 0 saturated heterocycles. The van der Waals surface area contributed by atoms with Crippen molar-refractivity contribution in [3.8, 4) is 0 Å². The predicted molar refractivity (Wildman–Crippen MR) is 96.9 cm³/mol. The number of amides is 1. The van der Waals surface area contributed by atoms with Crippen molar-refractivity contribution in [2.75, 3.05) is 7.05 Å². The van der Waals surface area contributed by atoms with Crippen molar-refractivity contribution in [2.24, 2.45) is 5.16 Å². The highest BCUT2D eigenvalue weighted by Gasteiger charge is 2.11. The average Bonchev–Trinajstić information content (AvgIpc) is 2.56. The van der Waals surface area contributed by atoms with Crippen molar-refractivity contribution in [1.82, 2.24) is 9.88 Å². The quantitative estimate of drug-likeness (QED) is 0.621. The third-order valence-corrected chi connectivity index (χ3v) is 3.93. The number of carbonyl (C=O) groups is 1. The number of halogens is 1. The van der Waals surface area contributed by atoms with Crippen molar-refractivity contribution < 1.29 is 14.7 Å². The van der Waals surface area contributed by atoms with Crippen LogP contribution in [0.4, 0.5) is 4.79 Å². The fraction of sp³-hybridized carbons (Fsp3) is 0.278. The monoisotopic (exact) mass is 361 g/mol. The summed E-state index contributed by atoms with van der Waals surface area (Å²) in [6.45, 7) is 4.21. The Morgan fingerprint density at radius 3 is 2.80 bits per heavy atom. The van der Waals surface area contributed by atoms with Gasteiger partial charge < -0.3 is 14.8 Å². The lowest BCUT2D eigenvalue weighted by Crippen LogP contribution is -2.24. The fourth-order valence-electron chi connectivity index (χ4n) is 2.17. The molecule has 0 saturated carbocycles. The van der Waals surface area contributed by atoms with Crippen LogP contribution in [0.3, 0.4) is 0 Å². The predicted octanol–water partition coefficient (Wildman–Crippen LogP) is 4.09. The summed E-state index contributed by atoms with van der Waals surface area (Å²) in [7, 11) is 1.49. The van der Waals surface area contributed by atoms with Gasteiger partial charge in [-0.05, 0) is 49.2 Å². The van der Waals surface area contributed by atoms with Crippen LogP contribution in [0.5, 0.6) is 0 Å². The van der Waals surface area contributed by atoms with Gasteiger partial charge in [-0.1, -0.05) is 28.9 Å². The number of nitrogens with zero attached hydrogens (tertiary/aromatic N) is 3. The third-order valence-electron chi connectivity index (χ3n) is 3.56. The summed E-state index contributed by atoms with van der Waals surface area (Å²) in [5.41, 5.74) is 3.92. The van der Waals surface area contributed by atoms with E-state index >= 15 is 0 Å². The molecule has 0 atom stereocenters. The lowest BCUT2D eigenvalue weighted by molar-refractivity contribution is 0.127. The minimum absolute atomic E-state index is 0.198. The second-order valence-corrected chi connectivity index (χ2v) is 6.07. The largest absolute Gasteiger partial charge is 0.465 e. The van der Waals surface area contributed by atoms with Crippen LogP contribution in [0.25, 0.3) is 0 Å². The number of hydrogen-bond donors (Lipinski definition) is 1. The first-order valence-electron chi connectivity index (χ1n) is 7.68. The van der Waals surface area contributed by atoms with Gasteiger partial charge in [0.2, 0.25) is 0 Å². The van der Waals surface area contributed by atoms with Gasteiger partial charge in [-0.3, -0.25) is 4.98 Å². The first-order valence-corrected chi connectivity index (χ1v) is 8.06. The molecule has 7 heteroatoms. The van der Waals surface area contributed by atoms with Crippen molar-refractivity contribution in [1.29, 1.82) is 0 Å². The van der Waals surface area contributed by atoms with E-state index in [1.54, 1.807) is 6.07 Å². The van der Waals surface area contributed by atoms with Crippen LogP contribution in [0, 0.1) is 6.92 Å². The maximum atomic E-state index is 11.0. The van der Waals surface area contributed by atoms with Gasteiger partial charge in [0, 0.05) is 17.8 Å². The van der Waals surface area contributed by atoms with Crippen LogP contribution < -0.4 is 0 Å². The molecule has 1 amide bonds. The van der Waals surface area contributed by atoms with Crippen molar-refractivity contribution in [3.63, 3.8) is 0 Å². The molecule has 0 radical (unpaired) electrons. The van der Waals surface area contributed by atoms with Gasteiger partial charge in [0.05, 0.1) is 18.0 Å². The van der Waals surface area contributed by atoms with E-state index in [1.165, 1.54) is 7.05 Å². The standard InChI is InChI=1S/C18H20ClN3O3/c1-12-5-4-6-16(20-12)11-25-21-13(2)14-7-8-17(19)15(9-14)10-22(3)18(23)24/h4-9H,10-11H2,1-3H3,(H,23,24)/b21-13+. The highest BCUT2D eigenvalue weighted by Crippen LogP contribution is 2.20. The van der Waals surface area contributed by atoms with Gasteiger partial charge in [-0.2, -0.15) is 0 Å². The number of rotatable bonds is 6. The summed E-state index contributed by atoms with van der Waals surface area (Å²) in [6.07, 6.45) is -1.01. The van der Waals surface area contributed by atoms with Crippen LogP contribution in [0.2, 0.25) is 5.02 Å². The minimum atomic E-state index is -1.01. The number of benzene rings is 1. The number of aromatic nitrogens is 1. The Morgan fingerprint density at radius 1 is 1.36 bits per heavy atom. The molecule has 0 spiro atoms. The lowest BCUT2D eigenvalue weighted by atomic mass is 10.1. The van der Waals surface area contributed by atoms with Crippen LogP contribution >= 0.6 is 11.6 Å². The van der Waals surface area contributed by atoms with E-state index in [4.69, 9.17) is 21.5 Å². The summed E-state index contributed by atoms with van der Waals surface area (Å²) in [6, 6.07) is 11.1. The molecule has 0 aliphatic heterocycles. The average molecular weight is 362 g/mol. The molecule has 2 aromatic rings. The number of oxime groups is 1. The van der Waals surface area contributed by atoms with Crippen LogP contribution in [-0.2, 0) is 18.0 Å². The number of hydrogen-bond acceptors (Lipinski definition) is 4. The van der Waals surface area contributed by atoms with E-state index < -0.39 is 6.09 Å². The number of carboxylic acid groups (broad SMARTS) is 1. The van der Waals surface area contributed by atoms with Crippen LogP contribution in [0.15, 0.2) is 41.6 Å². The molecule has 2 rings (SSSR count). The number of aryl methyl sites for hydroxylation is 1. The summed E-state index contributed by atoms with van der Waals surface area (Å²) >= 11 is 6.15. The van der Waals surface area contributed by atoms with Gasteiger partial charge in [-0.15, -0.1) is 0 Å². The van der Waals surface area contributed by atoms with Gasteiger partial charge >= 0.3 is 6.09 Å². The summed E-state index contributed by atoms with van der Waals surface area (Å²) in [5, 5.41) is 13.6. The van der Waals surface area contributed by atoms with Crippen LogP contribution in [-0.4, -0.2) is 33.8 Å². The highest BCUT2D eigenvalue weighted by atomic mass is 35.5. The Hall–Kier alpha value is -2.60. The Kier molecular flexibility index (Phi) is 6.36. The summed E-state index contributed by atoms with van der Waals surface area (Å²) in [4.78, 5) is 21.8. The molecule has 1 aromatic carbocycles. The maximum absolute atomic E-state index is 11.0. The Morgan fingerprint density at radius 2 is 2.12 bits per heavy atom. The summed E-state index contributed by atoms with van der Waals surface area (Å²) < 4.78 is 0. The van der Waals surface area contributed by atoms with Gasteiger partial charge in [0.1, 0.15) is 0 Å². The first kappa shape index (κ1) is 18.7. The molecule has 0 aliphatic rings. The van der Waals surface area contributed by atoms with E-state index in [0.717, 1.165) is 21.9 Å². The van der Waals surface area contributed by atoms with Crippen LogP contribution in [0.1, 0.15) is 29.4 Å². The zero-order chi connectivity index (χ0) is 18.4. The zero-order valence-electron chi connectivity index (χ0n) is 14.4. The smallest absolute Gasteiger partial charge is 0.407 e. The molecule has 0 aliphatic carbocycles. The molecule has 6 nitrogen and oxygen atoms in total. The zero-order valence-corrected chi connectivity index (χ0v) is 15.1. The Balaban J connectivity index is 2.07. The van der Waals surface area contributed by atoms with Crippen molar-refractivity contribution in [3.05, 3.63) is 63.9 Å². The normalized spacial score (nSPS) is 11.3. The topological polar surface area (TPSA) is 75.0 Å². The lowest BCUT2D eigenvalue weighted by Gasteiger charge is -2.15. The Labute approximate surface area is 151 Å². The van der Waals surface area contributed by atoms with Gasteiger partial charge in [-0.25, -0.2) is 4.79 Å². The SMILES string of the molecule is C/C(=N\OCc1cccc(C)n1)c1ccc(Cl)c(CN(C)C(=O)O)c1. The van der Waals surface area contributed by atoms with E-state index in [2.05, 4.69) is 10.1 Å². The van der Waals surface area contributed by atoms with Gasteiger partial charge in [0.25, 0.3) is 0 Å². The number of pyridine rings is 1. The fourth-order valence-corrected chi connectivity index (χ4v) is 2.35. The molecule has 0 unspecified atom stereocenters. The van der Waals surface area contributed by atoms with E-state index in [9.17, 15) is 4.79 Å². The van der Waals surface area contributed by atoms with Crippen molar-refractivity contribution >= 4 is 23.4 Å². The van der Waals surface area contributed by atoms with E-state index in [-0.39, 0.29) is 13.2 Å².